The third kappa shape index (κ3) is 6.78. The van der Waals surface area contributed by atoms with Gasteiger partial charge in [0.1, 0.15) is 0 Å². The van der Waals surface area contributed by atoms with E-state index < -0.39 is 5.97 Å². The molecule has 0 bridgehead atoms. The molecule has 4 rings (SSSR count). The number of fused-ring (bicyclic) bond motifs is 5. The van der Waals surface area contributed by atoms with Crippen LogP contribution in [0.25, 0.3) is 0 Å². The van der Waals surface area contributed by atoms with Crippen LogP contribution in [0.15, 0.2) is 11.6 Å². The Morgan fingerprint density at radius 3 is 2.45 bits per heavy atom. The van der Waals surface area contributed by atoms with Gasteiger partial charge in [-0.3, -0.25) is 14.4 Å². The predicted octanol–water partition coefficient (Wildman–Crippen LogP) is 6.88. The van der Waals surface area contributed by atoms with Gasteiger partial charge < -0.3 is 15.7 Å². The van der Waals surface area contributed by atoms with Crippen molar-refractivity contribution in [3.63, 3.8) is 0 Å². The summed E-state index contributed by atoms with van der Waals surface area (Å²) in [5.74, 6) is 3.63. The Kier molecular flexibility index (Phi) is 10.1. The first-order chi connectivity index (χ1) is 18.9. The van der Waals surface area contributed by atoms with Crippen molar-refractivity contribution in [1.82, 2.24) is 10.6 Å². The van der Waals surface area contributed by atoms with E-state index in [4.69, 9.17) is 5.11 Å². The predicted molar refractivity (Wildman–Crippen MR) is 159 cm³/mol. The summed E-state index contributed by atoms with van der Waals surface area (Å²) < 4.78 is 0. The molecule has 0 aromatic heterocycles. The van der Waals surface area contributed by atoms with E-state index in [-0.39, 0.29) is 49.1 Å². The van der Waals surface area contributed by atoms with E-state index in [0.29, 0.717) is 5.41 Å². The molecule has 0 aliphatic heterocycles. The van der Waals surface area contributed by atoms with Crippen molar-refractivity contribution in [2.45, 2.75) is 131 Å². The van der Waals surface area contributed by atoms with Crippen molar-refractivity contribution >= 4 is 17.8 Å². The van der Waals surface area contributed by atoms with Crippen LogP contribution < -0.4 is 10.6 Å². The minimum Gasteiger partial charge on any atom is -0.481 e. The van der Waals surface area contributed by atoms with Crippen molar-refractivity contribution in [2.75, 3.05) is 6.54 Å². The van der Waals surface area contributed by atoms with E-state index in [2.05, 4.69) is 51.3 Å². The van der Waals surface area contributed by atoms with Gasteiger partial charge in [0.2, 0.25) is 11.8 Å². The number of amides is 2. The third-order valence-corrected chi connectivity index (χ3v) is 11.9. The van der Waals surface area contributed by atoms with Crippen LogP contribution in [0.2, 0.25) is 0 Å². The molecule has 6 nitrogen and oxygen atoms in total. The fourth-order valence-electron chi connectivity index (χ4n) is 9.75. The molecule has 0 aromatic rings. The highest BCUT2D eigenvalue weighted by molar-refractivity contribution is 5.85. The number of nitrogens with one attached hydrogen (secondary N) is 2. The van der Waals surface area contributed by atoms with Gasteiger partial charge in [0.25, 0.3) is 0 Å². The number of rotatable bonds is 12. The van der Waals surface area contributed by atoms with Crippen molar-refractivity contribution < 1.29 is 19.5 Å². The van der Waals surface area contributed by atoms with Crippen LogP contribution in [0.3, 0.4) is 0 Å². The largest absolute Gasteiger partial charge is 0.481 e. The maximum Gasteiger partial charge on any atom is 0.303 e. The topological polar surface area (TPSA) is 95.5 Å². The number of allylic oxidation sites excluding steroid dienone is 1. The summed E-state index contributed by atoms with van der Waals surface area (Å²) in [5, 5.41) is 14.5. The zero-order chi connectivity index (χ0) is 29.1. The second kappa shape index (κ2) is 13.0. The Morgan fingerprint density at radius 2 is 1.73 bits per heavy atom. The van der Waals surface area contributed by atoms with Gasteiger partial charge in [0.15, 0.2) is 0 Å². The molecule has 2 amide bonds. The number of carbonyl (C=O) groups excluding carboxylic acids is 2. The first-order valence-corrected chi connectivity index (χ1v) is 16.4. The highest BCUT2D eigenvalue weighted by Crippen LogP contribution is 2.67. The molecule has 3 saturated carbocycles. The molecule has 0 aromatic carbocycles. The van der Waals surface area contributed by atoms with Gasteiger partial charge in [-0.05, 0) is 104 Å². The lowest BCUT2D eigenvalue weighted by atomic mass is 9.47. The zero-order valence-electron chi connectivity index (χ0n) is 25.9. The van der Waals surface area contributed by atoms with Crippen LogP contribution in [0.4, 0.5) is 0 Å². The van der Waals surface area contributed by atoms with E-state index >= 15 is 0 Å². The van der Waals surface area contributed by atoms with E-state index in [9.17, 15) is 14.4 Å². The highest BCUT2D eigenvalue weighted by Gasteiger charge is 2.59. The number of hydrogen-bond donors (Lipinski definition) is 3. The second-order valence-corrected chi connectivity index (χ2v) is 14.8. The lowest BCUT2D eigenvalue weighted by molar-refractivity contribution is -0.137. The first-order valence-electron chi connectivity index (χ1n) is 16.4. The lowest BCUT2D eigenvalue weighted by Crippen LogP contribution is -2.52. The summed E-state index contributed by atoms with van der Waals surface area (Å²) in [6.45, 7) is 12.4. The van der Waals surface area contributed by atoms with Gasteiger partial charge in [0, 0.05) is 18.9 Å². The monoisotopic (exact) mass is 556 g/mol. The van der Waals surface area contributed by atoms with Crippen molar-refractivity contribution in [1.29, 1.82) is 0 Å². The molecule has 3 fully saturated rings. The van der Waals surface area contributed by atoms with Crippen LogP contribution in [0.5, 0.6) is 0 Å². The quantitative estimate of drug-likeness (QED) is 0.228. The number of aliphatic carboxylic acids is 1. The van der Waals surface area contributed by atoms with Crippen LogP contribution >= 0.6 is 0 Å². The number of carbonyl (C=O) groups is 3. The number of carboxylic acid groups (broad SMARTS) is 1. The highest BCUT2D eigenvalue weighted by atomic mass is 16.4. The molecule has 0 radical (unpaired) electrons. The summed E-state index contributed by atoms with van der Waals surface area (Å²) in [4.78, 5) is 35.1. The van der Waals surface area contributed by atoms with Crippen LogP contribution in [-0.4, -0.2) is 35.5 Å². The Bertz CT molecular complexity index is 960. The van der Waals surface area contributed by atoms with E-state index in [1.54, 1.807) is 5.57 Å². The first kappa shape index (κ1) is 31.1. The van der Waals surface area contributed by atoms with Crippen molar-refractivity contribution in [2.24, 2.45) is 46.3 Å². The van der Waals surface area contributed by atoms with Gasteiger partial charge >= 0.3 is 5.97 Å². The molecule has 226 valence electrons. The van der Waals surface area contributed by atoms with Crippen LogP contribution in [0.1, 0.15) is 125 Å². The Labute approximate surface area is 242 Å². The van der Waals surface area contributed by atoms with E-state index in [0.717, 1.165) is 54.8 Å². The molecule has 0 spiro atoms. The average molecular weight is 557 g/mol. The van der Waals surface area contributed by atoms with Gasteiger partial charge in [-0.2, -0.15) is 0 Å². The van der Waals surface area contributed by atoms with Gasteiger partial charge in [0.05, 0.1) is 6.54 Å². The van der Waals surface area contributed by atoms with Crippen molar-refractivity contribution in [3.8, 4) is 0 Å². The Hall–Kier alpha value is -1.85. The summed E-state index contributed by atoms with van der Waals surface area (Å²) in [7, 11) is 0. The maximum atomic E-state index is 12.6. The summed E-state index contributed by atoms with van der Waals surface area (Å²) in [6.07, 6.45) is 16.9. The van der Waals surface area contributed by atoms with E-state index in [1.165, 1.54) is 51.4 Å². The maximum absolute atomic E-state index is 12.6. The fraction of sp³-hybridized carbons (Fsp3) is 0.853. The normalized spacial score (nSPS) is 35.6. The van der Waals surface area contributed by atoms with Gasteiger partial charge in [-0.1, -0.05) is 65.5 Å². The molecule has 0 saturated heterocycles. The summed E-state index contributed by atoms with van der Waals surface area (Å²) in [6, 6.07) is 0.128. The average Bonchev–Trinajstić information content (AvgIpc) is 3.24. The minimum absolute atomic E-state index is 0.0322. The fourth-order valence-corrected chi connectivity index (χ4v) is 9.75. The molecular formula is C34H56N2O4. The van der Waals surface area contributed by atoms with E-state index in [1.807, 2.05) is 0 Å². The Morgan fingerprint density at radius 1 is 0.950 bits per heavy atom. The third-order valence-electron chi connectivity index (χ3n) is 11.9. The molecule has 4 aliphatic carbocycles. The second-order valence-electron chi connectivity index (χ2n) is 14.8. The summed E-state index contributed by atoms with van der Waals surface area (Å²) in [5.41, 5.74) is 2.32. The number of hydrogen-bond acceptors (Lipinski definition) is 3. The molecule has 4 aliphatic rings. The lowest BCUT2D eigenvalue weighted by Gasteiger charge is -2.58. The number of carboxylic acids is 1. The SMILES string of the molecule is CC(C)CCC[C@@H](C)C1CC[C@H]2[C@@H]3CC=C4C[C@@H](NC(=O)CNC(=O)CCCC(=O)O)CC[C@]4(C)[C@H]3CC[C@]12C. The zero-order valence-corrected chi connectivity index (χ0v) is 25.9. The molecule has 1 unspecified atom stereocenters. The standard InChI is InChI=1S/C34H56N2O4/c1-22(2)8-6-9-23(3)27-14-15-28-26-13-12-24-20-25(16-18-33(24,4)29(26)17-19-34(27,28)5)36-31(38)21-35-30(37)10-7-11-32(39)40/h12,22-23,25-29H,6-11,13-21H2,1-5H3,(H,35,37)(H,36,38)(H,39,40)/t23-,25+,26+,27?,28+,29+,33+,34-/m1/s1. The minimum atomic E-state index is -0.907. The van der Waals surface area contributed by atoms with Crippen molar-refractivity contribution in [3.05, 3.63) is 11.6 Å². The molecular weight excluding hydrogens is 500 g/mol. The van der Waals surface area contributed by atoms with Gasteiger partial charge in [-0.25, -0.2) is 0 Å². The Balaban J connectivity index is 1.31. The smallest absolute Gasteiger partial charge is 0.303 e. The van der Waals surface area contributed by atoms with Crippen LogP contribution in [0, 0.1) is 46.3 Å². The van der Waals surface area contributed by atoms with Crippen LogP contribution in [-0.2, 0) is 14.4 Å². The molecule has 40 heavy (non-hydrogen) atoms. The molecule has 0 heterocycles. The molecule has 3 N–H and O–H groups in total. The molecule has 6 heteroatoms. The molecule has 8 atom stereocenters. The van der Waals surface area contributed by atoms with Gasteiger partial charge in [-0.15, -0.1) is 0 Å². The summed E-state index contributed by atoms with van der Waals surface area (Å²) >= 11 is 0.